The van der Waals surface area contributed by atoms with Gasteiger partial charge < -0.3 is 4.57 Å². The second-order valence-electron chi connectivity index (χ2n) is 4.81. The highest BCUT2D eigenvalue weighted by Gasteiger charge is 2.13. The summed E-state index contributed by atoms with van der Waals surface area (Å²) in [5.74, 6) is 2.14. The summed E-state index contributed by atoms with van der Waals surface area (Å²) in [5.41, 5.74) is 1.07. The molecule has 0 atom stereocenters. The maximum atomic E-state index is 12.4. The zero-order valence-corrected chi connectivity index (χ0v) is 15.2. The zero-order chi connectivity index (χ0) is 17.3. The predicted molar refractivity (Wildman–Crippen MR) is 100 cm³/mol. The van der Waals surface area contributed by atoms with Crippen LogP contribution in [0.2, 0.25) is 15.1 Å². The van der Waals surface area contributed by atoms with Gasteiger partial charge in [0.15, 0.2) is 4.80 Å². The average molecular weight is 396 g/mol. The van der Waals surface area contributed by atoms with Crippen molar-refractivity contribution >= 4 is 62.3 Å². The van der Waals surface area contributed by atoms with Gasteiger partial charge in [-0.2, -0.15) is 4.99 Å². The minimum atomic E-state index is -0.406. The molecule has 3 rings (SSSR count). The first-order chi connectivity index (χ1) is 11.5. The SMILES string of the molecule is C#CCn1c(=NC(=O)c2cccc(Cl)c2)sc2ccc(Cl)c(Cl)c21. The number of carbonyl (C=O) groups excluding carboxylic acids is 1. The second-order valence-corrected chi connectivity index (χ2v) is 7.04. The van der Waals surface area contributed by atoms with Gasteiger partial charge >= 0.3 is 0 Å². The molecule has 120 valence electrons. The number of fused-ring (bicyclic) bond motifs is 1. The van der Waals surface area contributed by atoms with Crippen LogP contribution in [0.15, 0.2) is 41.4 Å². The molecule has 24 heavy (non-hydrogen) atoms. The van der Waals surface area contributed by atoms with Gasteiger partial charge in [-0.25, -0.2) is 0 Å². The third-order valence-electron chi connectivity index (χ3n) is 3.25. The van der Waals surface area contributed by atoms with Crippen LogP contribution in [0, 0.1) is 12.3 Å². The van der Waals surface area contributed by atoms with Gasteiger partial charge in [0, 0.05) is 10.6 Å². The average Bonchev–Trinajstić information content (AvgIpc) is 2.90. The van der Waals surface area contributed by atoms with E-state index in [9.17, 15) is 4.79 Å². The molecule has 0 unspecified atom stereocenters. The first-order valence-corrected chi connectivity index (χ1v) is 8.71. The molecular weight excluding hydrogens is 387 g/mol. The van der Waals surface area contributed by atoms with Crippen LogP contribution in [0.25, 0.3) is 10.2 Å². The highest BCUT2D eigenvalue weighted by Crippen LogP contribution is 2.32. The minimum absolute atomic E-state index is 0.224. The van der Waals surface area contributed by atoms with E-state index in [1.54, 1.807) is 34.9 Å². The number of terminal acetylenes is 1. The molecular formula is C17H9Cl3N2OS. The summed E-state index contributed by atoms with van der Waals surface area (Å²) in [4.78, 5) is 17.0. The van der Waals surface area contributed by atoms with E-state index >= 15 is 0 Å². The molecule has 0 bridgehead atoms. The first-order valence-electron chi connectivity index (χ1n) is 6.76. The number of carbonyl (C=O) groups is 1. The molecule has 0 saturated heterocycles. The molecule has 0 aliphatic carbocycles. The van der Waals surface area contributed by atoms with E-state index < -0.39 is 5.91 Å². The third kappa shape index (κ3) is 3.22. The summed E-state index contributed by atoms with van der Waals surface area (Å²) in [5, 5.41) is 1.27. The van der Waals surface area contributed by atoms with Crippen molar-refractivity contribution in [3.63, 3.8) is 0 Å². The summed E-state index contributed by atoms with van der Waals surface area (Å²) >= 11 is 19.6. The third-order valence-corrected chi connectivity index (χ3v) is 5.33. The lowest BCUT2D eigenvalue weighted by molar-refractivity contribution is 0.0998. The first kappa shape index (κ1) is 17.1. The number of amides is 1. The molecule has 2 aromatic carbocycles. The Hall–Kier alpha value is -1.77. The number of benzene rings is 2. The molecule has 0 N–H and O–H groups in total. The predicted octanol–water partition coefficient (Wildman–Crippen LogP) is 5.04. The molecule has 3 aromatic rings. The summed E-state index contributed by atoms with van der Waals surface area (Å²) < 4.78 is 2.55. The van der Waals surface area contributed by atoms with E-state index in [-0.39, 0.29) is 6.54 Å². The fourth-order valence-electron chi connectivity index (χ4n) is 2.20. The molecule has 0 aliphatic heterocycles. The van der Waals surface area contributed by atoms with E-state index in [0.717, 1.165) is 4.70 Å². The van der Waals surface area contributed by atoms with Gasteiger partial charge in [-0.05, 0) is 30.3 Å². The Morgan fingerprint density at radius 2 is 2.04 bits per heavy atom. The number of halogens is 3. The monoisotopic (exact) mass is 394 g/mol. The summed E-state index contributed by atoms with van der Waals surface area (Å²) in [6.45, 7) is 0.224. The topological polar surface area (TPSA) is 34.4 Å². The van der Waals surface area contributed by atoms with Crippen molar-refractivity contribution in [1.29, 1.82) is 0 Å². The molecule has 0 fully saturated rings. The lowest BCUT2D eigenvalue weighted by Gasteiger charge is -2.03. The van der Waals surface area contributed by atoms with Crippen LogP contribution in [0.3, 0.4) is 0 Å². The van der Waals surface area contributed by atoms with Gasteiger partial charge in [-0.1, -0.05) is 58.1 Å². The van der Waals surface area contributed by atoms with E-state index in [0.29, 0.717) is 30.9 Å². The summed E-state index contributed by atoms with van der Waals surface area (Å²) in [7, 11) is 0. The molecule has 0 radical (unpaired) electrons. The van der Waals surface area contributed by atoms with E-state index in [1.165, 1.54) is 11.3 Å². The maximum Gasteiger partial charge on any atom is 0.279 e. The Labute approximate surface area is 157 Å². The minimum Gasteiger partial charge on any atom is -0.303 e. The van der Waals surface area contributed by atoms with Gasteiger partial charge in [-0.15, -0.1) is 6.42 Å². The molecule has 3 nitrogen and oxygen atoms in total. The molecule has 0 aliphatic rings. The molecule has 1 aromatic heterocycles. The fourth-order valence-corrected chi connectivity index (χ4v) is 3.90. The van der Waals surface area contributed by atoms with Crippen molar-refractivity contribution in [1.82, 2.24) is 4.57 Å². The van der Waals surface area contributed by atoms with Crippen LogP contribution in [-0.2, 0) is 6.54 Å². The highest BCUT2D eigenvalue weighted by atomic mass is 35.5. The van der Waals surface area contributed by atoms with Crippen molar-refractivity contribution in [2.45, 2.75) is 6.54 Å². The molecule has 0 saturated carbocycles. The Balaban J connectivity index is 2.22. The molecule has 1 heterocycles. The largest absolute Gasteiger partial charge is 0.303 e. The highest BCUT2D eigenvalue weighted by molar-refractivity contribution is 7.16. The summed E-state index contributed by atoms with van der Waals surface area (Å²) in [6.07, 6.45) is 5.44. The lowest BCUT2D eigenvalue weighted by atomic mass is 10.2. The number of hydrogen-bond donors (Lipinski definition) is 0. The normalized spacial score (nSPS) is 11.7. The van der Waals surface area contributed by atoms with Gasteiger partial charge in [0.05, 0.1) is 26.8 Å². The van der Waals surface area contributed by atoms with Crippen molar-refractivity contribution < 1.29 is 4.79 Å². The lowest BCUT2D eigenvalue weighted by Crippen LogP contribution is -2.16. The second kappa shape index (κ2) is 7.00. The Morgan fingerprint density at radius 1 is 1.25 bits per heavy atom. The molecule has 0 spiro atoms. The molecule has 1 amide bonds. The smallest absolute Gasteiger partial charge is 0.279 e. The van der Waals surface area contributed by atoms with E-state index in [1.807, 2.05) is 6.07 Å². The van der Waals surface area contributed by atoms with Crippen LogP contribution >= 0.6 is 46.1 Å². The standard InChI is InChI=1S/C17H9Cl3N2OS/c1-2-8-22-15-13(7-6-12(19)14(15)20)24-17(22)21-16(23)10-4-3-5-11(18)9-10/h1,3-7,9H,8H2. The van der Waals surface area contributed by atoms with E-state index in [4.69, 9.17) is 41.2 Å². The van der Waals surface area contributed by atoms with Crippen molar-refractivity contribution in [3.8, 4) is 12.3 Å². The quantitative estimate of drug-likeness (QED) is 0.560. The zero-order valence-electron chi connectivity index (χ0n) is 12.1. The van der Waals surface area contributed by atoms with E-state index in [2.05, 4.69) is 10.9 Å². The Bertz CT molecular complexity index is 1060. The van der Waals surface area contributed by atoms with Crippen LogP contribution in [-0.4, -0.2) is 10.5 Å². The number of thiazole rings is 1. The van der Waals surface area contributed by atoms with Gasteiger partial charge in [0.25, 0.3) is 5.91 Å². The van der Waals surface area contributed by atoms with Crippen LogP contribution in [0.4, 0.5) is 0 Å². The maximum absolute atomic E-state index is 12.4. The van der Waals surface area contributed by atoms with Crippen molar-refractivity contribution in [2.24, 2.45) is 4.99 Å². The molecule has 7 heteroatoms. The van der Waals surface area contributed by atoms with Gasteiger partial charge in [0.2, 0.25) is 0 Å². The van der Waals surface area contributed by atoms with Crippen LogP contribution in [0.1, 0.15) is 10.4 Å². The summed E-state index contributed by atoms with van der Waals surface area (Å²) in [6, 6.07) is 10.1. The fraction of sp³-hybridized carbons (Fsp3) is 0.0588. The number of rotatable bonds is 2. The van der Waals surface area contributed by atoms with Crippen LogP contribution in [0.5, 0.6) is 0 Å². The number of aromatic nitrogens is 1. The van der Waals surface area contributed by atoms with Crippen molar-refractivity contribution in [3.05, 3.63) is 61.8 Å². The van der Waals surface area contributed by atoms with Crippen LogP contribution < -0.4 is 4.80 Å². The number of nitrogens with zero attached hydrogens (tertiary/aromatic N) is 2. The van der Waals surface area contributed by atoms with Gasteiger partial charge in [0.1, 0.15) is 0 Å². The van der Waals surface area contributed by atoms with Gasteiger partial charge in [-0.3, -0.25) is 4.79 Å². The number of hydrogen-bond acceptors (Lipinski definition) is 2. The Morgan fingerprint density at radius 3 is 2.75 bits per heavy atom. The van der Waals surface area contributed by atoms with Crippen molar-refractivity contribution in [2.75, 3.05) is 0 Å². The Kier molecular flexibility index (Phi) is 4.98.